The van der Waals surface area contributed by atoms with Crippen molar-refractivity contribution in [1.29, 1.82) is 0 Å². The summed E-state index contributed by atoms with van der Waals surface area (Å²) in [4.78, 5) is 20.8. The van der Waals surface area contributed by atoms with E-state index in [2.05, 4.69) is 10.5 Å². The second-order valence-corrected chi connectivity index (χ2v) is 2.24. The van der Waals surface area contributed by atoms with E-state index in [4.69, 9.17) is 5.73 Å². The summed E-state index contributed by atoms with van der Waals surface area (Å²) in [5, 5.41) is 0. The zero-order chi connectivity index (χ0) is 9.72. The highest BCUT2D eigenvalue weighted by Crippen LogP contribution is 2.01. The van der Waals surface area contributed by atoms with Crippen LogP contribution in [0, 0.1) is 0 Å². The Morgan fingerprint density at radius 2 is 2.00 bits per heavy atom. The number of alkyl halides is 1. The molecular formula is C6H12ClFN2O3. The standard InChI is InChI=1S/C6H11FN2O3.ClH/c1-12-6(11)4(8)2-3(7)5(9)10;/h3-4H,2,8H2,1H3,(H2,9,10);1H/t3-,4-;/m0./s1. The third kappa shape index (κ3) is 5.37. The molecule has 78 valence electrons. The lowest BCUT2D eigenvalue weighted by Gasteiger charge is -2.09. The van der Waals surface area contributed by atoms with Crippen LogP contribution in [-0.2, 0) is 14.3 Å². The zero-order valence-corrected chi connectivity index (χ0v) is 7.84. The van der Waals surface area contributed by atoms with Crippen LogP contribution in [0.15, 0.2) is 0 Å². The van der Waals surface area contributed by atoms with Crippen molar-refractivity contribution in [3.05, 3.63) is 0 Å². The van der Waals surface area contributed by atoms with Gasteiger partial charge in [-0.1, -0.05) is 0 Å². The first-order chi connectivity index (χ1) is 5.49. The summed E-state index contributed by atoms with van der Waals surface area (Å²) < 4.78 is 16.7. The van der Waals surface area contributed by atoms with Crippen LogP contribution in [0.3, 0.4) is 0 Å². The average Bonchev–Trinajstić information content (AvgIpc) is 2.02. The maximum Gasteiger partial charge on any atom is 0.322 e. The molecule has 0 saturated carbocycles. The molecule has 7 heteroatoms. The second kappa shape index (κ2) is 6.62. The van der Waals surface area contributed by atoms with Gasteiger partial charge in [-0.3, -0.25) is 9.59 Å². The number of nitrogens with two attached hydrogens (primary N) is 2. The van der Waals surface area contributed by atoms with E-state index in [1.165, 1.54) is 0 Å². The fourth-order valence-electron chi connectivity index (χ4n) is 0.587. The molecule has 13 heavy (non-hydrogen) atoms. The number of primary amides is 1. The van der Waals surface area contributed by atoms with Crippen molar-refractivity contribution in [1.82, 2.24) is 0 Å². The molecule has 0 heterocycles. The quantitative estimate of drug-likeness (QED) is 0.595. The largest absolute Gasteiger partial charge is 0.468 e. The molecule has 0 rings (SSSR count). The zero-order valence-electron chi connectivity index (χ0n) is 7.03. The number of carbonyl (C=O) groups is 2. The van der Waals surface area contributed by atoms with Crippen LogP contribution >= 0.6 is 12.4 Å². The van der Waals surface area contributed by atoms with Crippen molar-refractivity contribution in [3.63, 3.8) is 0 Å². The van der Waals surface area contributed by atoms with E-state index >= 15 is 0 Å². The molecule has 0 aliphatic heterocycles. The summed E-state index contributed by atoms with van der Waals surface area (Å²) in [6, 6.07) is -1.14. The van der Waals surface area contributed by atoms with Crippen molar-refractivity contribution >= 4 is 24.3 Å². The van der Waals surface area contributed by atoms with E-state index in [9.17, 15) is 14.0 Å². The second-order valence-electron chi connectivity index (χ2n) is 2.24. The van der Waals surface area contributed by atoms with Crippen molar-refractivity contribution < 1.29 is 18.7 Å². The minimum absolute atomic E-state index is 0. The topological polar surface area (TPSA) is 95.4 Å². The van der Waals surface area contributed by atoms with Gasteiger partial charge in [-0.25, -0.2) is 4.39 Å². The molecule has 0 fully saturated rings. The molecule has 0 spiro atoms. The molecule has 5 nitrogen and oxygen atoms in total. The molecule has 0 aliphatic rings. The summed E-state index contributed by atoms with van der Waals surface area (Å²) in [5.41, 5.74) is 9.75. The molecule has 0 saturated heterocycles. The fraction of sp³-hybridized carbons (Fsp3) is 0.667. The number of rotatable bonds is 4. The first-order valence-corrected chi connectivity index (χ1v) is 3.25. The highest BCUT2D eigenvalue weighted by atomic mass is 35.5. The van der Waals surface area contributed by atoms with Crippen LogP contribution in [0.4, 0.5) is 4.39 Å². The Bertz CT molecular complexity index is 191. The van der Waals surface area contributed by atoms with E-state index in [1.54, 1.807) is 0 Å². The summed E-state index contributed by atoms with van der Waals surface area (Å²) in [6.07, 6.45) is -2.35. The molecule has 0 bridgehead atoms. The van der Waals surface area contributed by atoms with Crippen LogP contribution < -0.4 is 11.5 Å². The number of halogens is 2. The number of methoxy groups -OCH3 is 1. The Balaban J connectivity index is 0. The molecule has 2 atom stereocenters. The molecule has 0 radical (unpaired) electrons. The highest BCUT2D eigenvalue weighted by Gasteiger charge is 2.22. The van der Waals surface area contributed by atoms with E-state index in [0.717, 1.165) is 7.11 Å². The van der Waals surface area contributed by atoms with Gasteiger partial charge in [-0.05, 0) is 0 Å². The number of esters is 1. The predicted molar refractivity (Wildman–Crippen MR) is 45.9 cm³/mol. The van der Waals surface area contributed by atoms with E-state index in [1.807, 2.05) is 0 Å². The van der Waals surface area contributed by atoms with Crippen molar-refractivity contribution in [3.8, 4) is 0 Å². The van der Waals surface area contributed by atoms with Gasteiger partial charge in [0.15, 0.2) is 6.17 Å². The smallest absolute Gasteiger partial charge is 0.322 e. The van der Waals surface area contributed by atoms with Crippen molar-refractivity contribution in [2.45, 2.75) is 18.6 Å². The molecule has 1 amide bonds. The highest BCUT2D eigenvalue weighted by molar-refractivity contribution is 5.85. The first kappa shape index (κ1) is 14.6. The number of ether oxygens (including phenoxy) is 1. The van der Waals surface area contributed by atoms with Gasteiger partial charge in [0.05, 0.1) is 7.11 Å². The molecule has 0 aromatic rings. The monoisotopic (exact) mass is 214 g/mol. The van der Waals surface area contributed by atoms with Gasteiger partial charge in [-0.15, -0.1) is 12.4 Å². The van der Waals surface area contributed by atoms with Crippen LogP contribution in [0.5, 0.6) is 0 Å². The summed E-state index contributed by atoms with van der Waals surface area (Å²) >= 11 is 0. The number of hydrogen-bond donors (Lipinski definition) is 2. The lowest BCUT2D eigenvalue weighted by molar-refractivity contribution is -0.142. The van der Waals surface area contributed by atoms with Crippen LogP contribution in [0.1, 0.15) is 6.42 Å². The Morgan fingerprint density at radius 3 is 2.31 bits per heavy atom. The predicted octanol–water partition coefficient (Wildman–Crippen LogP) is -0.878. The first-order valence-electron chi connectivity index (χ1n) is 3.25. The van der Waals surface area contributed by atoms with Gasteiger partial charge in [0.25, 0.3) is 5.91 Å². The number of amides is 1. The van der Waals surface area contributed by atoms with Crippen LogP contribution in [0.25, 0.3) is 0 Å². The van der Waals surface area contributed by atoms with E-state index < -0.39 is 30.5 Å². The van der Waals surface area contributed by atoms with Gasteiger partial charge in [0.2, 0.25) is 0 Å². The Hall–Kier alpha value is -0.880. The minimum atomic E-state index is -1.90. The SMILES string of the molecule is COC(=O)[C@@H](N)C[C@H](F)C(N)=O.Cl. The Kier molecular flexibility index (Phi) is 7.45. The van der Waals surface area contributed by atoms with Gasteiger partial charge >= 0.3 is 5.97 Å². The average molecular weight is 215 g/mol. The van der Waals surface area contributed by atoms with Crippen LogP contribution in [-0.4, -0.2) is 31.2 Å². The van der Waals surface area contributed by atoms with Crippen molar-refractivity contribution in [2.75, 3.05) is 7.11 Å². The van der Waals surface area contributed by atoms with Crippen LogP contribution in [0.2, 0.25) is 0 Å². The third-order valence-corrected chi connectivity index (χ3v) is 1.27. The summed E-state index contributed by atoms with van der Waals surface area (Å²) in [5.74, 6) is -1.90. The molecule has 0 aliphatic carbocycles. The summed E-state index contributed by atoms with van der Waals surface area (Å²) in [7, 11) is 1.12. The molecular weight excluding hydrogens is 203 g/mol. The maximum absolute atomic E-state index is 12.5. The lowest BCUT2D eigenvalue weighted by atomic mass is 10.1. The van der Waals surface area contributed by atoms with Crippen molar-refractivity contribution in [2.24, 2.45) is 11.5 Å². The maximum atomic E-state index is 12.5. The Labute approximate surface area is 81.0 Å². The third-order valence-electron chi connectivity index (χ3n) is 1.27. The molecule has 0 aromatic carbocycles. The Morgan fingerprint density at radius 1 is 1.54 bits per heavy atom. The molecule has 0 unspecified atom stereocenters. The fourth-order valence-corrected chi connectivity index (χ4v) is 0.587. The molecule has 4 N–H and O–H groups in total. The van der Waals surface area contributed by atoms with Gasteiger partial charge in [0.1, 0.15) is 6.04 Å². The summed E-state index contributed by atoms with van der Waals surface area (Å²) in [6.45, 7) is 0. The lowest BCUT2D eigenvalue weighted by Crippen LogP contribution is -2.38. The van der Waals surface area contributed by atoms with Gasteiger partial charge in [0, 0.05) is 6.42 Å². The van der Waals surface area contributed by atoms with Gasteiger partial charge in [-0.2, -0.15) is 0 Å². The van der Waals surface area contributed by atoms with Gasteiger partial charge < -0.3 is 16.2 Å². The minimum Gasteiger partial charge on any atom is -0.468 e. The normalized spacial score (nSPS) is 13.8. The molecule has 0 aromatic heterocycles. The number of carbonyl (C=O) groups excluding carboxylic acids is 2. The van der Waals surface area contributed by atoms with E-state index in [0.29, 0.717) is 0 Å². The van der Waals surface area contributed by atoms with E-state index in [-0.39, 0.29) is 12.4 Å². The number of hydrogen-bond acceptors (Lipinski definition) is 4.